The Hall–Kier alpha value is -2.14. The van der Waals surface area contributed by atoms with Gasteiger partial charge in [0.1, 0.15) is 0 Å². The molecule has 0 saturated heterocycles. The number of hydrogen-bond donors (Lipinski definition) is 1. The second-order valence-corrected chi connectivity index (χ2v) is 4.55. The molecule has 0 aliphatic carbocycles. The van der Waals surface area contributed by atoms with Crippen LogP contribution in [0, 0.1) is 21.4 Å². The molecule has 84 valence electrons. The molecule has 0 bridgehead atoms. The number of rotatable bonds is 4. The lowest BCUT2D eigenvalue weighted by molar-refractivity contribution is -0.384. The van der Waals surface area contributed by atoms with Crippen LogP contribution in [-0.4, -0.2) is 19.1 Å². The lowest BCUT2D eigenvalue weighted by Crippen LogP contribution is -2.15. The van der Waals surface area contributed by atoms with Gasteiger partial charge in [0.15, 0.2) is 5.75 Å². The van der Waals surface area contributed by atoms with Crippen molar-refractivity contribution in [2.75, 3.05) is 10.5 Å². The predicted octanol–water partition coefficient (Wildman–Crippen LogP) is 0.860. The van der Waals surface area contributed by atoms with Crippen molar-refractivity contribution in [2.45, 2.75) is 0 Å². The Balaban J connectivity index is 2.95. The highest BCUT2D eigenvalue weighted by Gasteiger charge is 2.12. The summed E-state index contributed by atoms with van der Waals surface area (Å²) in [6.45, 7) is 0. The molecule has 0 unspecified atom stereocenters. The highest BCUT2D eigenvalue weighted by Crippen LogP contribution is 2.17. The Bertz CT molecular complexity index is 547. The maximum atomic E-state index is 11.2. The third-order valence-electron chi connectivity index (χ3n) is 1.58. The van der Waals surface area contributed by atoms with Gasteiger partial charge in [-0.15, -0.1) is 0 Å². The monoisotopic (exact) mass is 241 g/mol. The Morgan fingerprint density at radius 1 is 1.50 bits per heavy atom. The zero-order chi connectivity index (χ0) is 12.2. The summed E-state index contributed by atoms with van der Waals surface area (Å²) in [6.07, 6.45) is 0. The summed E-state index contributed by atoms with van der Waals surface area (Å²) < 4.78 is 24.4. The summed E-state index contributed by atoms with van der Waals surface area (Å²) in [7, 11) is -3.76. The van der Waals surface area contributed by atoms with Gasteiger partial charge in [-0.1, -0.05) is 6.07 Å². The second-order valence-electron chi connectivity index (χ2n) is 2.83. The number of sulfonamides is 1. The van der Waals surface area contributed by atoms with Gasteiger partial charge in [-0.05, 0) is 6.07 Å². The summed E-state index contributed by atoms with van der Waals surface area (Å²) in [5.74, 6) is -0.699. The van der Waals surface area contributed by atoms with E-state index in [4.69, 9.17) is 5.26 Å². The van der Waals surface area contributed by atoms with Crippen LogP contribution in [0.3, 0.4) is 0 Å². The number of nitrogens with zero attached hydrogens (tertiary/aromatic N) is 2. The van der Waals surface area contributed by atoms with Crippen molar-refractivity contribution in [2.24, 2.45) is 0 Å². The molecule has 0 radical (unpaired) electrons. The van der Waals surface area contributed by atoms with E-state index in [1.54, 1.807) is 0 Å². The van der Waals surface area contributed by atoms with E-state index in [2.05, 4.69) is 4.72 Å². The SMILES string of the molecule is N#CCS(=O)(=O)Nc1cccc([N+](=O)[O-])c1. The van der Waals surface area contributed by atoms with E-state index in [0.29, 0.717) is 0 Å². The van der Waals surface area contributed by atoms with Gasteiger partial charge in [-0.3, -0.25) is 14.8 Å². The average molecular weight is 241 g/mol. The number of non-ortho nitro benzene ring substituents is 1. The first-order chi connectivity index (χ1) is 7.44. The molecule has 0 amide bonds. The molecular formula is C8H7N3O4S. The Morgan fingerprint density at radius 3 is 2.75 bits per heavy atom. The van der Waals surface area contributed by atoms with Gasteiger partial charge in [-0.25, -0.2) is 8.42 Å². The van der Waals surface area contributed by atoms with Crippen molar-refractivity contribution in [3.8, 4) is 6.07 Å². The quantitative estimate of drug-likeness (QED) is 0.620. The number of nitro groups is 1. The normalized spacial score (nSPS) is 10.4. The molecule has 0 heterocycles. The molecule has 0 fully saturated rings. The molecule has 8 heteroatoms. The largest absolute Gasteiger partial charge is 0.282 e. The number of benzene rings is 1. The van der Waals surface area contributed by atoms with E-state index in [1.807, 2.05) is 0 Å². The van der Waals surface area contributed by atoms with Gasteiger partial charge >= 0.3 is 0 Å². The van der Waals surface area contributed by atoms with Gasteiger partial charge < -0.3 is 0 Å². The maximum absolute atomic E-state index is 11.2. The Labute approximate surface area is 91.5 Å². The van der Waals surface area contributed by atoms with E-state index in [1.165, 1.54) is 24.3 Å². The van der Waals surface area contributed by atoms with Crippen LogP contribution in [-0.2, 0) is 10.0 Å². The fourth-order valence-corrected chi connectivity index (χ4v) is 1.71. The molecule has 1 aromatic rings. The van der Waals surface area contributed by atoms with Crippen LogP contribution in [0.15, 0.2) is 24.3 Å². The van der Waals surface area contributed by atoms with Crippen molar-refractivity contribution in [1.82, 2.24) is 0 Å². The van der Waals surface area contributed by atoms with Crippen LogP contribution in [0.2, 0.25) is 0 Å². The van der Waals surface area contributed by atoms with Gasteiger partial charge in [-0.2, -0.15) is 5.26 Å². The highest BCUT2D eigenvalue weighted by atomic mass is 32.2. The third kappa shape index (κ3) is 3.21. The van der Waals surface area contributed by atoms with E-state index in [0.717, 1.165) is 6.07 Å². The Kier molecular flexibility index (Phi) is 3.42. The zero-order valence-corrected chi connectivity index (χ0v) is 8.77. The van der Waals surface area contributed by atoms with E-state index in [-0.39, 0.29) is 11.4 Å². The first-order valence-electron chi connectivity index (χ1n) is 4.06. The standard InChI is InChI=1S/C8H7N3O4S/c9-4-5-16(14,15)10-7-2-1-3-8(6-7)11(12)13/h1-3,6,10H,5H2. The average Bonchev–Trinajstić information content (AvgIpc) is 2.17. The smallest absolute Gasteiger partial charge is 0.271 e. The molecule has 7 nitrogen and oxygen atoms in total. The van der Waals surface area contributed by atoms with Crippen LogP contribution in [0.5, 0.6) is 0 Å². The van der Waals surface area contributed by atoms with E-state index >= 15 is 0 Å². The van der Waals surface area contributed by atoms with E-state index < -0.39 is 20.7 Å². The van der Waals surface area contributed by atoms with Crippen molar-refractivity contribution < 1.29 is 13.3 Å². The minimum absolute atomic E-state index is 0.0597. The van der Waals surface area contributed by atoms with Crippen LogP contribution < -0.4 is 4.72 Å². The fourth-order valence-electron chi connectivity index (χ4n) is 0.984. The molecule has 0 aliphatic heterocycles. The molecule has 1 aromatic carbocycles. The Morgan fingerprint density at radius 2 is 2.19 bits per heavy atom. The van der Waals surface area contributed by atoms with Crippen LogP contribution in [0.4, 0.5) is 11.4 Å². The predicted molar refractivity (Wildman–Crippen MR) is 56.1 cm³/mol. The lowest BCUT2D eigenvalue weighted by Gasteiger charge is -2.03. The summed E-state index contributed by atoms with van der Waals surface area (Å²) >= 11 is 0. The fraction of sp³-hybridized carbons (Fsp3) is 0.125. The molecule has 0 spiro atoms. The molecule has 0 atom stereocenters. The topological polar surface area (TPSA) is 113 Å². The maximum Gasteiger partial charge on any atom is 0.271 e. The number of anilines is 1. The molecular weight excluding hydrogens is 234 g/mol. The van der Waals surface area contributed by atoms with Crippen molar-refractivity contribution in [1.29, 1.82) is 5.26 Å². The number of nitriles is 1. The first-order valence-corrected chi connectivity index (χ1v) is 5.72. The lowest BCUT2D eigenvalue weighted by atomic mass is 10.3. The molecule has 1 rings (SSSR count). The minimum Gasteiger partial charge on any atom is -0.282 e. The summed E-state index contributed by atoms with van der Waals surface area (Å²) in [4.78, 5) is 9.78. The highest BCUT2D eigenvalue weighted by molar-refractivity contribution is 7.92. The number of nitrogens with one attached hydrogen (secondary N) is 1. The molecule has 1 N–H and O–H groups in total. The summed E-state index contributed by atoms with van der Waals surface area (Å²) in [6, 6.07) is 6.51. The van der Waals surface area contributed by atoms with Gasteiger partial charge in [0.25, 0.3) is 5.69 Å². The molecule has 0 saturated carbocycles. The molecule has 16 heavy (non-hydrogen) atoms. The molecule has 0 aliphatic rings. The summed E-state index contributed by atoms with van der Waals surface area (Å²) in [5.41, 5.74) is -0.165. The summed E-state index contributed by atoms with van der Waals surface area (Å²) in [5, 5.41) is 18.7. The van der Waals surface area contributed by atoms with Crippen molar-refractivity contribution in [3.05, 3.63) is 34.4 Å². The van der Waals surface area contributed by atoms with E-state index in [9.17, 15) is 18.5 Å². The molecule has 0 aromatic heterocycles. The first kappa shape index (κ1) is 11.9. The van der Waals surface area contributed by atoms with Crippen LogP contribution in [0.1, 0.15) is 0 Å². The van der Waals surface area contributed by atoms with Crippen molar-refractivity contribution >= 4 is 21.4 Å². The number of hydrogen-bond acceptors (Lipinski definition) is 5. The van der Waals surface area contributed by atoms with Gasteiger partial charge in [0.2, 0.25) is 10.0 Å². The van der Waals surface area contributed by atoms with Crippen LogP contribution >= 0.6 is 0 Å². The van der Waals surface area contributed by atoms with Crippen LogP contribution in [0.25, 0.3) is 0 Å². The number of nitro benzene ring substituents is 1. The zero-order valence-electron chi connectivity index (χ0n) is 7.95. The third-order valence-corrected chi connectivity index (χ3v) is 2.64. The second kappa shape index (κ2) is 4.59. The van der Waals surface area contributed by atoms with Gasteiger partial charge in [0, 0.05) is 12.1 Å². The van der Waals surface area contributed by atoms with Crippen molar-refractivity contribution in [3.63, 3.8) is 0 Å². The minimum atomic E-state index is -3.76. The van der Waals surface area contributed by atoms with Gasteiger partial charge in [0.05, 0.1) is 16.7 Å².